The number of rotatable bonds is 3. The predicted molar refractivity (Wildman–Crippen MR) is 75.6 cm³/mol. The fourth-order valence-corrected chi connectivity index (χ4v) is 2.89. The van der Waals surface area contributed by atoms with E-state index in [4.69, 9.17) is 34.8 Å². The first-order valence-corrected chi connectivity index (χ1v) is 7.20. The minimum Gasteiger partial charge on any atom is -0.338 e. The van der Waals surface area contributed by atoms with E-state index in [0.29, 0.717) is 22.3 Å². The molecule has 98 valence electrons. The molecule has 0 aromatic heterocycles. The average molecular weight is 307 g/mol. The van der Waals surface area contributed by atoms with Gasteiger partial charge in [-0.05, 0) is 30.5 Å². The molecule has 0 bridgehead atoms. The Labute approximate surface area is 122 Å². The van der Waals surface area contributed by atoms with Gasteiger partial charge in [0.25, 0.3) is 0 Å². The molecule has 0 saturated carbocycles. The van der Waals surface area contributed by atoms with Crippen molar-refractivity contribution in [1.29, 1.82) is 0 Å². The summed E-state index contributed by atoms with van der Waals surface area (Å²) in [6.07, 6.45) is 2.38. The number of nitrogens with zero attached hydrogens (tertiary/aromatic N) is 1. The van der Waals surface area contributed by atoms with Crippen LogP contribution in [0.3, 0.4) is 0 Å². The zero-order chi connectivity index (χ0) is 13.1. The molecule has 2 nitrogen and oxygen atoms in total. The van der Waals surface area contributed by atoms with Gasteiger partial charge in [-0.2, -0.15) is 0 Å². The van der Waals surface area contributed by atoms with Crippen LogP contribution in [0.1, 0.15) is 18.4 Å². The Balaban J connectivity index is 2.04. The van der Waals surface area contributed by atoms with Gasteiger partial charge in [-0.3, -0.25) is 4.79 Å². The Morgan fingerprint density at radius 2 is 2.11 bits per heavy atom. The largest absolute Gasteiger partial charge is 0.338 e. The van der Waals surface area contributed by atoms with Crippen LogP contribution in [0.25, 0.3) is 0 Å². The molecular formula is C13H14Cl3NO. The molecule has 1 aromatic rings. The number of likely N-dealkylation sites (tertiary alicyclic amines) is 1. The molecule has 0 aliphatic carbocycles. The summed E-state index contributed by atoms with van der Waals surface area (Å²) in [6, 6.07) is 5.47. The molecule has 1 atom stereocenters. The van der Waals surface area contributed by atoms with Crippen molar-refractivity contribution in [2.45, 2.75) is 25.3 Å². The number of carbonyl (C=O) groups is 1. The van der Waals surface area contributed by atoms with Crippen molar-refractivity contribution in [1.82, 2.24) is 4.90 Å². The van der Waals surface area contributed by atoms with Gasteiger partial charge in [-0.15, -0.1) is 11.6 Å². The molecule has 1 heterocycles. The van der Waals surface area contributed by atoms with Gasteiger partial charge in [-0.1, -0.05) is 29.3 Å². The highest BCUT2D eigenvalue weighted by Gasteiger charge is 2.27. The van der Waals surface area contributed by atoms with E-state index in [0.717, 1.165) is 24.9 Å². The molecular weight excluding hydrogens is 293 g/mol. The first-order chi connectivity index (χ1) is 8.61. The second-order valence-corrected chi connectivity index (χ2v) is 5.59. The highest BCUT2D eigenvalue weighted by molar-refractivity contribution is 6.42. The van der Waals surface area contributed by atoms with E-state index < -0.39 is 0 Å². The van der Waals surface area contributed by atoms with Gasteiger partial charge in [0, 0.05) is 18.5 Å². The van der Waals surface area contributed by atoms with Crippen molar-refractivity contribution >= 4 is 40.7 Å². The zero-order valence-electron chi connectivity index (χ0n) is 9.83. The number of carbonyl (C=O) groups excluding carboxylic acids is 1. The van der Waals surface area contributed by atoms with Gasteiger partial charge in [0.1, 0.15) is 0 Å². The molecule has 0 spiro atoms. The van der Waals surface area contributed by atoms with Gasteiger partial charge in [-0.25, -0.2) is 0 Å². The van der Waals surface area contributed by atoms with E-state index in [1.54, 1.807) is 12.1 Å². The van der Waals surface area contributed by atoms with E-state index in [2.05, 4.69) is 0 Å². The fourth-order valence-electron chi connectivity index (χ4n) is 2.25. The molecule has 1 fully saturated rings. The van der Waals surface area contributed by atoms with Crippen LogP contribution in [0.5, 0.6) is 0 Å². The summed E-state index contributed by atoms with van der Waals surface area (Å²) in [7, 11) is 0. The second kappa shape index (κ2) is 6.14. The van der Waals surface area contributed by atoms with Crippen LogP contribution in [0.15, 0.2) is 18.2 Å². The molecule has 1 saturated heterocycles. The van der Waals surface area contributed by atoms with Crippen LogP contribution < -0.4 is 0 Å². The average Bonchev–Trinajstić information content (AvgIpc) is 2.82. The maximum atomic E-state index is 12.2. The normalized spacial score (nSPS) is 19.3. The Hall–Kier alpha value is -0.440. The summed E-state index contributed by atoms with van der Waals surface area (Å²) in [4.78, 5) is 14.0. The number of amides is 1. The maximum Gasteiger partial charge on any atom is 0.227 e. The van der Waals surface area contributed by atoms with E-state index >= 15 is 0 Å². The maximum absolute atomic E-state index is 12.2. The Bertz CT molecular complexity index is 450. The van der Waals surface area contributed by atoms with Crippen LogP contribution >= 0.6 is 34.8 Å². The summed E-state index contributed by atoms with van der Waals surface area (Å²) in [5, 5.41) is 0.991. The van der Waals surface area contributed by atoms with Gasteiger partial charge in [0.05, 0.1) is 16.5 Å². The van der Waals surface area contributed by atoms with Crippen LogP contribution in [0, 0.1) is 0 Å². The van der Waals surface area contributed by atoms with Crippen molar-refractivity contribution in [2.24, 2.45) is 0 Å². The first kappa shape index (κ1) is 14.0. The van der Waals surface area contributed by atoms with E-state index in [1.165, 1.54) is 0 Å². The molecule has 18 heavy (non-hydrogen) atoms. The van der Waals surface area contributed by atoms with Crippen molar-refractivity contribution in [3.05, 3.63) is 33.8 Å². The number of benzene rings is 1. The number of hydrogen-bond acceptors (Lipinski definition) is 1. The number of alkyl halides is 1. The third-order valence-corrected chi connectivity index (χ3v) is 4.31. The standard InChI is InChI=1S/C13H14Cl3NO/c14-8-10-2-1-5-17(10)13(18)7-9-3-4-11(15)12(16)6-9/h3-4,6,10H,1-2,5,7-8H2. The molecule has 0 N–H and O–H groups in total. The third-order valence-electron chi connectivity index (χ3n) is 3.21. The summed E-state index contributed by atoms with van der Waals surface area (Å²) in [6.45, 7) is 0.803. The molecule has 1 unspecified atom stereocenters. The van der Waals surface area contributed by atoms with Crippen LogP contribution in [-0.4, -0.2) is 29.3 Å². The summed E-state index contributed by atoms with van der Waals surface area (Å²) >= 11 is 17.6. The molecule has 0 radical (unpaired) electrons. The van der Waals surface area contributed by atoms with E-state index in [-0.39, 0.29) is 11.9 Å². The lowest BCUT2D eigenvalue weighted by Crippen LogP contribution is -2.37. The smallest absolute Gasteiger partial charge is 0.227 e. The quantitative estimate of drug-likeness (QED) is 0.779. The molecule has 1 aromatic carbocycles. The van der Waals surface area contributed by atoms with Crippen molar-refractivity contribution in [3.8, 4) is 0 Å². The van der Waals surface area contributed by atoms with Crippen molar-refractivity contribution in [2.75, 3.05) is 12.4 Å². The molecule has 2 rings (SSSR count). The monoisotopic (exact) mass is 305 g/mol. The van der Waals surface area contributed by atoms with Gasteiger partial charge >= 0.3 is 0 Å². The highest BCUT2D eigenvalue weighted by Crippen LogP contribution is 2.24. The summed E-state index contributed by atoms with van der Waals surface area (Å²) in [5.41, 5.74) is 0.884. The number of halogens is 3. The van der Waals surface area contributed by atoms with E-state index in [1.807, 2.05) is 11.0 Å². The highest BCUT2D eigenvalue weighted by atomic mass is 35.5. The predicted octanol–water partition coefficient (Wildman–Crippen LogP) is 3.77. The third kappa shape index (κ3) is 3.11. The minimum atomic E-state index is 0.108. The first-order valence-electron chi connectivity index (χ1n) is 5.91. The lowest BCUT2D eigenvalue weighted by molar-refractivity contribution is -0.130. The summed E-state index contributed by atoms with van der Waals surface area (Å²) in [5.74, 6) is 0.615. The summed E-state index contributed by atoms with van der Waals surface area (Å²) < 4.78 is 0. The van der Waals surface area contributed by atoms with Gasteiger partial charge < -0.3 is 4.90 Å². The zero-order valence-corrected chi connectivity index (χ0v) is 12.1. The van der Waals surface area contributed by atoms with Gasteiger partial charge in [0.2, 0.25) is 5.91 Å². The van der Waals surface area contributed by atoms with Gasteiger partial charge in [0.15, 0.2) is 0 Å². The second-order valence-electron chi connectivity index (χ2n) is 4.46. The minimum absolute atomic E-state index is 0.108. The van der Waals surface area contributed by atoms with Crippen LogP contribution in [0.2, 0.25) is 10.0 Å². The number of hydrogen-bond donors (Lipinski definition) is 0. The topological polar surface area (TPSA) is 20.3 Å². The van der Waals surface area contributed by atoms with Crippen molar-refractivity contribution in [3.63, 3.8) is 0 Å². The molecule has 5 heteroatoms. The fraction of sp³-hybridized carbons (Fsp3) is 0.462. The van der Waals surface area contributed by atoms with Crippen molar-refractivity contribution < 1.29 is 4.79 Å². The van der Waals surface area contributed by atoms with Crippen LogP contribution in [-0.2, 0) is 11.2 Å². The Kier molecular flexibility index (Phi) is 4.77. The lowest BCUT2D eigenvalue weighted by Gasteiger charge is -2.23. The SMILES string of the molecule is O=C(Cc1ccc(Cl)c(Cl)c1)N1CCCC1CCl. The lowest BCUT2D eigenvalue weighted by atomic mass is 10.1. The Morgan fingerprint density at radius 1 is 1.33 bits per heavy atom. The van der Waals surface area contributed by atoms with E-state index in [9.17, 15) is 4.79 Å². The van der Waals surface area contributed by atoms with Crippen LogP contribution in [0.4, 0.5) is 0 Å². The molecule has 1 aliphatic heterocycles. The molecule has 1 aliphatic rings. The Morgan fingerprint density at radius 3 is 2.78 bits per heavy atom. The molecule has 1 amide bonds.